The number of furan rings is 1. The molecule has 0 amide bonds. The van der Waals surface area contributed by atoms with E-state index in [1.54, 1.807) is 13.3 Å². The number of aryl methyl sites for hydroxylation is 1. The van der Waals surface area contributed by atoms with Crippen LogP contribution in [0.25, 0.3) is 5.69 Å². The molecule has 0 aliphatic heterocycles. The molecule has 2 N–H and O–H groups in total. The van der Waals surface area contributed by atoms with E-state index in [0.29, 0.717) is 6.54 Å². The average Bonchev–Trinajstić information content (AvgIpc) is 3.30. The monoisotopic (exact) mass is 337 g/mol. The summed E-state index contributed by atoms with van der Waals surface area (Å²) in [4.78, 5) is 4.27. The van der Waals surface area contributed by atoms with Gasteiger partial charge in [0, 0.05) is 32.8 Å². The fourth-order valence-electron chi connectivity index (χ4n) is 2.59. The largest absolute Gasteiger partial charge is 0.469 e. The Labute approximate surface area is 147 Å². The van der Waals surface area contributed by atoms with Crippen molar-refractivity contribution in [1.82, 2.24) is 20.4 Å². The second-order valence-corrected chi connectivity index (χ2v) is 5.71. The highest BCUT2D eigenvalue weighted by atomic mass is 16.3. The van der Waals surface area contributed by atoms with E-state index in [0.717, 1.165) is 41.6 Å². The summed E-state index contributed by atoms with van der Waals surface area (Å²) in [5, 5.41) is 11.1. The standard InChI is InChI=1S/C19H23N5O/c1-15-10-12-24(23-15)18-8-4-3-6-16(18)14-22-19(20-2)21-11-9-17-7-5-13-25-17/h3-8,10,12-13H,9,11,14H2,1-2H3,(H2,20,21,22). The molecule has 6 nitrogen and oxygen atoms in total. The van der Waals surface area contributed by atoms with Gasteiger partial charge < -0.3 is 15.1 Å². The van der Waals surface area contributed by atoms with E-state index < -0.39 is 0 Å². The van der Waals surface area contributed by atoms with Gasteiger partial charge in [0.25, 0.3) is 0 Å². The van der Waals surface area contributed by atoms with Crippen LogP contribution in [0.3, 0.4) is 0 Å². The van der Waals surface area contributed by atoms with Crippen molar-refractivity contribution in [2.45, 2.75) is 19.9 Å². The zero-order valence-corrected chi connectivity index (χ0v) is 14.6. The van der Waals surface area contributed by atoms with Gasteiger partial charge >= 0.3 is 0 Å². The zero-order valence-electron chi connectivity index (χ0n) is 14.6. The Hall–Kier alpha value is -3.02. The Balaban J connectivity index is 1.58. The number of aromatic nitrogens is 2. The van der Waals surface area contributed by atoms with Crippen molar-refractivity contribution >= 4 is 5.96 Å². The van der Waals surface area contributed by atoms with Crippen LogP contribution in [-0.4, -0.2) is 29.3 Å². The topological polar surface area (TPSA) is 67.4 Å². The number of guanidine groups is 1. The van der Waals surface area contributed by atoms with Crippen LogP contribution < -0.4 is 10.6 Å². The number of hydrogen-bond donors (Lipinski definition) is 2. The van der Waals surface area contributed by atoms with Crippen molar-refractivity contribution in [3.8, 4) is 5.69 Å². The van der Waals surface area contributed by atoms with E-state index in [4.69, 9.17) is 4.42 Å². The lowest BCUT2D eigenvalue weighted by atomic mass is 10.2. The van der Waals surface area contributed by atoms with Gasteiger partial charge in [-0.3, -0.25) is 4.99 Å². The normalized spacial score (nSPS) is 11.5. The summed E-state index contributed by atoms with van der Waals surface area (Å²) in [7, 11) is 1.77. The Morgan fingerprint density at radius 1 is 1.16 bits per heavy atom. The maximum absolute atomic E-state index is 5.33. The highest BCUT2D eigenvalue weighted by Gasteiger charge is 2.06. The second kappa shape index (κ2) is 8.19. The molecule has 3 aromatic rings. The molecule has 3 rings (SSSR count). The first kappa shape index (κ1) is 16.8. The van der Waals surface area contributed by atoms with Crippen LogP contribution in [0.4, 0.5) is 0 Å². The average molecular weight is 337 g/mol. The van der Waals surface area contributed by atoms with Crippen molar-refractivity contribution < 1.29 is 4.42 Å². The lowest BCUT2D eigenvalue weighted by molar-refractivity contribution is 0.507. The molecule has 0 aliphatic carbocycles. The van der Waals surface area contributed by atoms with Crippen LogP contribution in [-0.2, 0) is 13.0 Å². The van der Waals surface area contributed by atoms with Gasteiger partial charge in [-0.25, -0.2) is 4.68 Å². The smallest absolute Gasteiger partial charge is 0.191 e. The van der Waals surface area contributed by atoms with Crippen LogP contribution in [0.1, 0.15) is 17.0 Å². The Morgan fingerprint density at radius 2 is 2.04 bits per heavy atom. The molecule has 0 unspecified atom stereocenters. The quantitative estimate of drug-likeness (QED) is 0.536. The van der Waals surface area contributed by atoms with Crippen LogP contribution in [0.15, 0.2) is 64.3 Å². The lowest BCUT2D eigenvalue weighted by Gasteiger charge is -2.14. The predicted octanol–water partition coefficient (Wildman–Crippen LogP) is 2.68. The van der Waals surface area contributed by atoms with Crippen molar-refractivity contribution in [3.05, 3.63) is 71.9 Å². The minimum Gasteiger partial charge on any atom is -0.469 e. The third-order valence-corrected chi connectivity index (χ3v) is 3.87. The van der Waals surface area contributed by atoms with E-state index in [1.165, 1.54) is 0 Å². The van der Waals surface area contributed by atoms with E-state index in [-0.39, 0.29) is 0 Å². The molecule has 0 bridgehead atoms. The lowest BCUT2D eigenvalue weighted by Crippen LogP contribution is -2.38. The molecule has 2 heterocycles. The number of nitrogens with zero attached hydrogens (tertiary/aromatic N) is 3. The molecular formula is C19H23N5O. The SMILES string of the molecule is CN=C(NCCc1ccco1)NCc1ccccc1-n1ccc(C)n1. The fourth-order valence-corrected chi connectivity index (χ4v) is 2.59. The first-order valence-electron chi connectivity index (χ1n) is 8.33. The van der Waals surface area contributed by atoms with Crippen LogP contribution in [0.2, 0.25) is 0 Å². The Kier molecular flexibility index (Phi) is 5.51. The Morgan fingerprint density at radius 3 is 2.76 bits per heavy atom. The molecule has 130 valence electrons. The van der Waals surface area contributed by atoms with Gasteiger partial charge in [-0.05, 0) is 36.8 Å². The maximum atomic E-state index is 5.33. The highest BCUT2D eigenvalue weighted by Crippen LogP contribution is 2.14. The van der Waals surface area contributed by atoms with Gasteiger partial charge in [-0.15, -0.1) is 0 Å². The zero-order chi connectivity index (χ0) is 17.5. The van der Waals surface area contributed by atoms with Gasteiger partial charge in [0.1, 0.15) is 5.76 Å². The summed E-state index contributed by atoms with van der Waals surface area (Å²) in [6.07, 6.45) is 4.48. The first-order valence-corrected chi connectivity index (χ1v) is 8.33. The first-order chi connectivity index (χ1) is 12.3. The summed E-state index contributed by atoms with van der Waals surface area (Å²) in [6.45, 7) is 3.41. The number of nitrogens with one attached hydrogen (secondary N) is 2. The predicted molar refractivity (Wildman–Crippen MR) is 98.9 cm³/mol. The molecule has 0 saturated heterocycles. The summed E-state index contributed by atoms with van der Waals surface area (Å²) >= 11 is 0. The molecule has 0 atom stereocenters. The van der Waals surface area contributed by atoms with E-state index in [1.807, 2.05) is 48.1 Å². The molecule has 0 spiro atoms. The van der Waals surface area contributed by atoms with E-state index >= 15 is 0 Å². The van der Waals surface area contributed by atoms with Gasteiger partial charge in [0.05, 0.1) is 17.6 Å². The molecular weight excluding hydrogens is 314 g/mol. The number of para-hydroxylation sites is 1. The van der Waals surface area contributed by atoms with Crippen LogP contribution in [0, 0.1) is 6.92 Å². The molecule has 1 aromatic carbocycles. The minimum absolute atomic E-state index is 0.662. The van der Waals surface area contributed by atoms with Crippen LogP contribution in [0.5, 0.6) is 0 Å². The summed E-state index contributed by atoms with van der Waals surface area (Å²) in [5.41, 5.74) is 3.21. The number of aliphatic imine (C=N–C) groups is 1. The van der Waals surface area contributed by atoms with Crippen molar-refractivity contribution in [2.75, 3.05) is 13.6 Å². The third kappa shape index (κ3) is 4.50. The number of benzene rings is 1. The minimum atomic E-state index is 0.662. The molecule has 0 fully saturated rings. The summed E-state index contributed by atoms with van der Waals surface area (Å²) in [6, 6.07) is 14.1. The summed E-state index contributed by atoms with van der Waals surface area (Å²) < 4.78 is 7.24. The molecule has 6 heteroatoms. The molecule has 25 heavy (non-hydrogen) atoms. The fraction of sp³-hybridized carbons (Fsp3) is 0.263. The van der Waals surface area contributed by atoms with Crippen molar-refractivity contribution in [1.29, 1.82) is 0 Å². The Bertz CT molecular complexity index is 820. The molecule has 0 aliphatic rings. The van der Waals surface area contributed by atoms with Gasteiger partial charge in [0.15, 0.2) is 5.96 Å². The van der Waals surface area contributed by atoms with E-state index in [2.05, 4.69) is 32.9 Å². The summed E-state index contributed by atoms with van der Waals surface area (Å²) in [5.74, 6) is 1.72. The van der Waals surface area contributed by atoms with E-state index in [9.17, 15) is 0 Å². The number of hydrogen-bond acceptors (Lipinski definition) is 3. The van der Waals surface area contributed by atoms with Crippen molar-refractivity contribution in [2.24, 2.45) is 4.99 Å². The van der Waals surface area contributed by atoms with Crippen molar-refractivity contribution in [3.63, 3.8) is 0 Å². The second-order valence-electron chi connectivity index (χ2n) is 5.71. The van der Waals surface area contributed by atoms with Gasteiger partial charge in [-0.1, -0.05) is 18.2 Å². The van der Waals surface area contributed by atoms with Gasteiger partial charge in [-0.2, -0.15) is 5.10 Å². The van der Waals surface area contributed by atoms with Gasteiger partial charge in [0.2, 0.25) is 0 Å². The molecule has 0 radical (unpaired) electrons. The molecule has 2 aromatic heterocycles. The number of rotatable bonds is 6. The highest BCUT2D eigenvalue weighted by molar-refractivity contribution is 5.79. The maximum Gasteiger partial charge on any atom is 0.191 e. The molecule has 0 saturated carbocycles. The van der Waals surface area contributed by atoms with Crippen LogP contribution >= 0.6 is 0 Å². The third-order valence-electron chi connectivity index (χ3n) is 3.87.